The first kappa shape index (κ1) is 35.2. The molecule has 2 aliphatic rings. The second-order valence-corrected chi connectivity index (χ2v) is 13.5. The number of carbonyl (C=O) groups is 2. The van der Waals surface area contributed by atoms with Crippen molar-refractivity contribution in [1.29, 1.82) is 0 Å². The Hall–Kier alpha value is -5.66. The molecular weight excluding hydrogens is 771 g/mol. The average Bonchev–Trinajstić information content (AvgIpc) is 3.49. The monoisotopic (exact) mass is 794 g/mol. The SMILES string of the molecule is CC1(C)NC(=O)c2c(Cl)cc(Br)c(=O)n21.CC1(C)NC(=O)c2c(Cl)cc(Nc3ncnc4cncnc34)c(=O)n21.Nc1ncnc2cncnc12. The van der Waals surface area contributed by atoms with Crippen molar-refractivity contribution in [2.24, 2.45) is 0 Å². The number of hydrogen-bond donors (Lipinski definition) is 4. The zero-order valence-corrected chi connectivity index (χ0v) is 30.0. The lowest BCUT2D eigenvalue weighted by Gasteiger charge is -2.22. The quantitative estimate of drug-likeness (QED) is 0.197. The van der Waals surface area contributed by atoms with Crippen molar-refractivity contribution in [3.05, 3.63) is 96.4 Å². The normalized spacial score (nSPS) is 14.7. The number of nitrogens with zero attached hydrogens (tertiary/aromatic N) is 10. The van der Waals surface area contributed by atoms with Crippen LogP contribution in [0.25, 0.3) is 22.1 Å². The van der Waals surface area contributed by atoms with E-state index in [1.807, 2.05) is 0 Å². The van der Waals surface area contributed by atoms with Crippen LogP contribution >= 0.6 is 39.1 Å². The second kappa shape index (κ2) is 13.2. The number of aromatic nitrogens is 10. The van der Waals surface area contributed by atoms with E-state index in [0.29, 0.717) is 38.2 Å². The van der Waals surface area contributed by atoms with Gasteiger partial charge in [-0.3, -0.25) is 28.3 Å². The zero-order chi connectivity index (χ0) is 36.8. The molecule has 8 rings (SSSR count). The smallest absolute Gasteiger partial charge is 0.276 e. The third-order valence-electron chi connectivity index (χ3n) is 7.54. The second-order valence-electron chi connectivity index (χ2n) is 11.9. The highest BCUT2D eigenvalue weighted by Crippen LogP contribution is 2.30. The van der Waals surface area contributed by atoms with Crippen LogP contribution in [0.1, 0.15) is 48.7 Å². The Balaban J connectivity index is 0.000000146. The molecule has 51 heavy (non-hydrogen) atoms. The fraction of sp³-hybridized carbons (Fsp3) is 0.200. The molecule has 0 spiro atoms. The van der Waals surface area contributed by atoms with Crippen molar-refractivity contribution in [2.45, 2.75) is 39.0 Å². The van der Waals surface area contributed by atoms with Crippen LogP contribution in [-0.2, 0) is 11.3 Å². The first-order valence-corrected chi connectivity index (χ1v) is 16.2. The van der Waals surface area contributed by atoms with E-state index in [-0.39, 0.29) is 44.5 Å². The highest BCUT2D eigenvalue weighted by molar-refractivity contribution is 9.10. The van der Waals surface area contributed by atoms with E-state index >= 15 is 0 Å². The van der Waals surface area contributed by atoms with Crippen LogP contribution in [0, 0.1) is 0 Å². The first-order chi connectivity index (χ1) is 24.1. The number of rotatable bonds is 2. The van der Waals surface area contributed by atoms with Crippen LogP contribution in [0.4, 0.5) is 17.3 Å². The number of nitrogen functional groups attached to an aromatic ring is 1. The number of halogens is 3. The number of pyridine rings is 2. The molecule has 18 nitrogen and oxygen atoms in total. The molecule has 5 N–H and O–H groups in total. The fourth-order valence-electron chi connectivity index (χ4n) is 5.36. The van der Waals surface area contributed by atoms with Crippen LogP contribution in [0.15, 0.2) is 63.9 Å². The molecule has 0 aromatic carbocycles. The van der Waals surface area contributed by atoms with Crippen LogP contribution in [0.3, 0.4) is 0 Å². The Morgan fingerprint density at radius 2 is 1.22 bits per heavy atom. The first-order valence-electron chi connectivity index (χ1n) is 14.7. The Morgan fingerprint density at radius 1 is 0.706 bits per heavy atom. The van der Waals surface area contributed by atoms with Gasteiger partial charge < -0.3 is 21.7 Å². The summed E-state index contributed by atoms with van der Waals surface area (Å²) < 4.78 is 3.04. The largest absolute Gasteiger partial charge is 0.382 e. The molecule has 0 bridgehead atoms. The Bertz CT molecular complexity index is 2510. The standard InChI is InChI=1S/C15H12ClN7O2.C9H8BrClN2O2.C6H5N5/c1-15(2)22-13(24)11-7(16)3-8(14(25)23(11)15)21-12-10-9(18-6-20-12)4-17-5-19-10;1-9(2)12-7(14)6-5(11)3-4(10)8(15)13(6)9;7-6-5-4(9-3-11-6)1-8-2-10-5/h3-6H,1-2H3,(H,22,24)(H,18,20,21);3H,1-2H3,(H,12,14);1-3H,(H2,7,9,11). The summed E-state index contributed by atoms with van der Waals surface area (Å²) in [5.41, 5.74) is 6.02. The summed E-state index contributed by atoms with van der Waals surface area (Å²) >= 11 is 15.3. The van der Waals surface area contributed by atoms with Gasteiger partial charge in [-0.15, -0.1) is 0 Å². The summed E-state index contributed by atoms with van der Waals surface area (Å²) in [6, 6.07) is 2.85. The molecule has 0 radical (unpaired) electrons. The summed E-state index contributed by atoms with van der Waals surface area (Å²) in [5, 5.41) is 8.79. The summed E-state index contributed by atoms with van der Waals surface area (Å²) in [6.07, 6.45) is 8.66. The van der Waals surface area contributed by atoms with Gasteiger partial charge in [-0.05, 0) is 55.8 Å². The minimum Gasteiger partial charge on any atom is -0.382 e. The zero-order valence-electron chi connectivity index (χ0n) is 26.9. The van der Waals surface area contributed by atoms with Crippen molar-refractivity contribution < 1.29 is 9.59 Å². The van der Waals surface area contributed by atoms with E-state index < -0.39 is 16.9 Å². The van der Waals surface area contributed by atoms with Gasteiger partial charge in [0.25, 0.3) is 22.9 Å². The van der Waals surface area contributed by atoms with Crippen molar-refractivity contribution in [1.82, 2.24) is 59.6 Å². The van der Waals surface area contributed by atoms with E-state index in [0.717, 1.165) is 0 Å². The van der Waals surface area contributed by atoms with E-state index in [9.17, 15) is 19.2 Å². The van der Waals surface area contributed by atoms with Gasteiger partial charge in [0.2, 0.25) is 0 Å². The van der Waals surface area contributed by atoms with Gasteiger partial charge in [0.1, 0.15) is 75.8 Å². The molecular formula is C30H25BrCl2N14O4. The number of fused-ring (bicyclic) bond motifs is 4. The molecule has 6 aromatic rings. The average molecular weight is 796 g/mol. The summed E-state index contributed by atoms with van der Waals surface area (Å²) in [5.74, 6) is 0.0158. The number of carbonyl (C=O) groups excluding carboxylic acids is 2. The molecule has 6 aromatic heterocycles. The molecule has 0 fully saturated rings. The maximum absolute atomic E-state index is 12.9. The molecule has 260 valence electrons. The summed E-state index contributed by atoms with van der Waals surface area (Å²) in [7, 11) is 0. The molecule has 0 saturated carbocycles. The van der Waals surface area contributed by atoms with Gasteiger partial charge >= 0.3 is 0 Å². The highest BCUT2D eigenvalue weighted by Gasteiger charge is 2.39. The van der Waals surface area contributed by atoms with Crippen LogP contribution in [-0.4, -0.2) is 60.8 Å². The maximum atomic E-state index is 12.9. The minimum absolute atomic E-state index is 0.136. The third-order valence-corrected chi connectivity index (χ3v) is 8.68. The highest BCUT2D eigenvalue weighted by atomic mass is 79.9. The minimum atomic E-state index is -0.888. The van der Waals surface area contributed by atoms with Crippen molar-refractivity contribution >= 4 is 90.3 Å². The maximum Gasteiger partial charge on any atom is 0.276 e. The van der Waals surface area contributed by atoms with Gasteiger partial charge in [-0.2, -0.15) is 0 Å². The van der Waals surface area contributed by atoms with Gasteiger partial charge in [0, 0.05) is 0 Å². The van der Waals surface area contributed by atoms with Crippen LogP contribution in [0.5, 0.6) is 0 Å². The topological polar surface area (TPSA) is 243 Å². The number of nitrogens with two attached hydrogens (primary N) is 1. The van der Waals surface area contributed by atoms with Gasteiger partial charge in [0.15, 0.2) is 11.6 Å². The number of hydrogen-bond acceptors (Lipinski definition) is 14. The molecule has 0 unspecified atom stereocenters. The Labute approximate surface area is 305 Å². The fourth-order valence-corrected chi connectivity index (χ4v) is 6.46. The van der Waals surface area contributed by atoms with E-state index in [4.69, 9.17) is 28.9 Å². The number of anilines is 3. The molecule has 2 aliphatic heterocycles. The molecule has 0 saturated heterocycles. The van der Waals surface area contributed by atoms with E-state index in [1.165, 1.54) is 46.6 Å². The van der Waals surface area contributed by atoms with E-state index in [1.54, 1.807) is 40.1 Å². The van der Waals surface area contributed by atoms with E-state index in [2.05, 4.69) is 71.8 Å². The molecule has 0 atom stereocenters. The lowest BCUT2D eigenvalue weighted by atomic mass is 10.2. The molecule has 2 amide bonds. The number of amides is 2. The van der Waals surface area contributed by atoms with Crippen LogP contribution in [0.2, 0.25) is 10.0 Å². The Morgan fingerprint density at radius 3 is 1.80 bits per heavy atom. The predicted molar refractivity (Wildman–Crippen MR) is 191 cm³/mol. The van der Waals surface area contributed by atoms with Gasteiger partial charge in [-0.25, -0.2) is 39.9 Å². The predicted octanol–water partition coefficient (Wildman–Crippen LogP) is 3.12. The third kappa shape index (κ3) is 6.53. The lowest BCUT2D eigenvalue weighted by Crippen LogP contribution is -2.42. The Kier molecular flexibility index (Phi) is 9.13. The summed E-state index contributed by atoms with van der Waals surface area (Å²) in [4.78, 5) is 80.1. The van der Waals surface area contributed by atoms with Gasteiger partial charge in [0.05, 0.1) is 26.9 Å². The lowest BCUT2D eigenvalue weighted by molar-refractivity contribution is 0.0925. The van der Waals surface area contributed by atoms with Crippen molar-refractivity contribution in [3.8, 4) is 0 Å². The van der Waals surface area contributed by atoms with Crippen molar-refractivity contribution in [3.63, 3.8) is 0 Å². The molecule has 8 heterocycles. The molecule has 21 heteroatoms. The van der Waals surface area contributed by atoms with Crippen LogP contribution < -0.4 is 32.8 Å². The van der Waals surface area contributed by atoms with Gasteiger partial charge in [-0.1, -0.05) is 23.2 Å². The summed E-state index contributed by atoms with van der Waals surface area (Å²) in [6.45, 7) is 6.92. The van der Waals surface area contributed by atoms with Crippen molar-refractivity contribution in [2.75, 3.05) is 11.1 Å². The number of nitrogens with one attached hydrogen (secondary N) is 3. The molecule has 0 aliphatic carbocycles.